The van der Waals surface area contributed by atoms with Crippen molar-refractivity contribution in [2.45, 2.75) is 27.3 Å². The first-order valence-corrected chi connectivity index (χ1v) is 8.80. The van der Waals surface area contributed by atoms with E-state index in [-0.39, 0.29) is 5.82 Å². The first kappa shape index (κ1) is 16.5. The molecule has 0 saturated carbocycles. The predicted octanol–water partition coefficient (Wildman–Crippen LogP) is 5.82. The van der Waals surface area contributed by atoms with Gasteiger partial charge in [-0.1, -0.05) is 42.0 Å². The number of halogens is 1. The topological polar surface area (TPSA) is 17.8 Å². The van der Waals surface area contributed by atoms with E-state index < -0.39 is 0 Å². The summed E-state index contributed by atoms with van der Waals surface area (Å²) in [5.41, 5.74) is 7.77. The van der Waals surface area contributed by atoms with Gasteiger partial charge in [-0.3, -0.25) is 4.98 Å². The van der Waals surface area contributed by atoms with Gasteiger partial charge in [-0.15, -0.1) is 0 Å². The summed E-state index contributed by atoms with van der Waals surface area (Å²) < 4.78 is 15.9. The molecule has 0 amide bonds. The van der Waals surface area contributed by atoms with Crippen molar-refractivity contribution in [1.82, 2.24) is 9.55 Å². The maximum Gasteiger partial charge on any atom is 0.123 e. The van der Waals surface area contributed by atoms with Gasteiger partial charge in [-0.05, 0) is 50.1 Å². The van der Waals surface area contributed by atoms with Gasteiger partial charge in [0.05, 0.1) is 11.2 Å². The van der Waals surface area contributed by atoms with Crippen molar-refractivity contribution in [1.29, 1.82) is 0 Å². The van der Waals surface area contributed by atoms with E-state index in [1.165, 1.54) is 28.3 Å². The van der Waals surface area contributed by atoms with Crippen molar-refractivity contribution >= 4 is 10.9 Å². The van der Waals surface area contributed by atoms with Crippen molar-refractivity contribution in [3.05, 3.63) is 89.0 Å². The summed E-state index contributed by atoms with van der Waals surface area (Å²) in [5, 5.41) is 1.20. The third-order valence-corrected chi connectivity index (χ3v) is 5.10. The molecule has 0 atom stereocenters. The number of aromatic nitrogens is 2. The number of aryl methyl sites for hydroxylation is 2. The van der Waals surface area contributed by atoms with E-state index >= 15 is 0 Å². The number of rotatable bonds is 3. The van der Waals surface area contributed by atoms with Crippen LogP contribution in [0.3, 0.4) is 0 Å². The number of nitrogens with zero attached hydrogens (tertiary/aromatic N) is 2. The summed E-state index contributed by atoms with van der Waals surface area (Å²) in [4.78, 5) is 4.69. The Bertz CT molecular complexity index is 1090. The fourth-order valence-electron chi connectivity index (χ4n) is 3.53. The van der Waals surface area contributed by atoms with Gasteiger partial charge in [-0.25, -0.2) is 4.39 Å². The van der Waals surface area contributed by atoms with E-state index in [1.54, 1.807) is 12.1 Å². The second kappa shape index (κ2) is 6.41. The minimum atomic E-state index is -0.204. The van der Waals surface area contributed by atoms with Crippen molar-refractivity contribution in [3.63, 3.8) is 0 Å². The zero-order valence-electron chi connectivity index (χ0n) is 15.3. The van der Waals surface area contributed by atoms with E-state index in [0.717, 1.165) is 22.3 Å². The molecule has 0 aliphatic carbocycles. The molecule has 4 rings (SSSR count). The Labute approximate surface area is 152 Å². The molecule has 2 aromatic carbocycles. The largest absolute Gasteiger partial charge is 0.338 e. The van der Waals surface area contributed by atoms with Crippen molar-refractivity contribution in [3.8, 4) is 11.3 Å². The van der Waals surface area contributed by atoms with Crippen molar-refractivity contribution in [2.75, 3.05) is 0 Å². The molecule has 0 aliphatic rings. The first-order valence-electron chi connectivity index (χ1n) is 8.80. The Morgan fingerprint density at radius 1 is 0.962 bits per heavy atom. The summed E-state index contributed by atoms with van der Waals surface area (Å²) in [6.07, 6.45) is 1.87. The minimum absolute atomic E-state index is 0.204. The predicted molar refractivity (Wildman–Crippen MR) is 105 cm³/mol. The van der Waals surface area contributed by atoms with Crippen molar-refractivity contribution < 1.29 is 4.39 Å². The summed E-state index contributed by atoms with van der Waals surface area (Å²) in [5.74, 6) is -0.204. The van der Waals surface area contributed by atoms with Crippen LogP contribution < -0.4 is 0 Å². The SMILES string of the molecule is Cc1ccc(-c2nccc3c(C)c(C)n(Cc4cccc(F)c4)c23)cc1. The van der Waals surface area contributed by atoms with E-state index in [0.29, 0.717) is 6.54 Å². The smallest absolute Gasteiger partial charge is 0.123 e. The first-order chi connectivity index (χ1) is 12.5. The van der Waals surface area contributed by atoms with Gasteiger partial charge in [0, 0.05) is 29.4 Å². The monoisotopic (exact) mass is 344 g/mol. The molecule has 130 valence electrons. The molecule has 2 aromatic heterocycles. The van der Waals surface area contributed by atoms with Gasteiger partial charge in [0.2, 0.25) is 0 Å². The molecule has 0 saturated heterocycles. The number of benzene rings is 2. The number of hydrogen-bond donors (Lipinski definition) is 0. The highest BCUT2D eigenvalue weighted by Gasteiger charge is 2.16. The maximum absolute atomic E-state index is 13.7. The van der Waals surface area contributed by atoms with Gasteiger partial charge in [-0.2, -0.15) is 0 Å². The molecule has 0 spiro atoms. The Kier molecular flexibility index (Phi) is 4.08. The van der Waals surface area contributed by atoms with Crippen LogP contribution in [0.1, 0.15) is 22.4 Å². The third kappa shape index (κ3) is 2.80. The second-order valence-electron chi connectivity index (χ2n) is 6.85. The van der Waals surface area contributed by atoms with Gasteiger partial charge in [0.15, 0.2) is 0 Å². The average molecular weight is 344 g/mol. The fourth-order valence-corrected chi connectivity index (χ4v) is 3.53. The molecule has 0 radical (unpaired) electrons. The average Bonchev–Trinajstić information content (AvgIpc) is 2.88. The van der Waals surface area contributed by atoms with E-state index in [9.17, 15) is 4.39 Å². The van der Waals surface area contributed by atoms with Gasteiger partial charge >= 0.3 is 0 Å². The van der Waals surface area contributed by atoms with Crippen LogP contribution in [0.2, 0.25) is 0 Å². The van der Waals surface area contributed by atoms with Crippen LogP contribution in [0.4, 0.5) is 4.39 Å². The second-order valence-corrected chi connectivity index (χ2v) is 6.85. The lowest BCUT2D eigenvalue weighted by atomic mass is 10.1. The van der Waals surface area contributed by atoms with Gasteiger partial charge in [0.1, 0.15) is 5.82 Å². The molecule has 0 N–H and O–H groups in total. The molecular formula is C23H21FN2. The maximum atomic E-state index is 13.7. The molecule has 3 heteroatoms. The molecule has 0 unspecified atom stereocenters. The minimum Gasteiger partial charge on any atom is -0.338 e. The number of fused-ring (bicyclic) bond motifs is 1. The summed E-state index contributed by atoms with van der Waals surface area (Å²) in [7, 11) is 0. The third-order valence-electron chi connectivity index (χ3n) is 5.10. The lowest BCUT2D eigenvalue weighted by molar-refractivity contribution is 0.623. The summed E-state index contributed by atoms with van der Waals surface area (Å²) >= 11 is 0. The van der Waals surface area contributed by atoms with Crippen LogP contribution in [0, 0.1) is 26.6 Å². The van der Waals surface area contributed by atoms with Crippen LogP contribution in [0.15, 0.2) is 60.8 Å². The summed E-state index contributed by atoms with van der Waals surface area (Å²) in [6.45, 7) is 6.96. The molecule has 26 heavy (non-hydrogen) atoms. The highest BCUT2D eigenvalue weighted by Crippen LogP contribution is 2.33. The van der Waals surface area contributed by atoms with Crippen LogP contribution >= 0.6 is 0 Å². The molecular weight excluding hydrogens is 323 g/mol. The van der Waals surface area contributed by atoms with Crippen LogP contribution in [-0.2, 0) is 6.54 Å². The van der Waals surface area contributed by atoms with Crippen LogP contribution in [-0.4, -0.2) is 9.55 Å². The Hall–Kier alpha value is -2.94. The number of pyridine rings is 1. The Morgan fingerprint density at radius 3 is 2.46 bits per heavy atom. The highest BCUT2D eigenvalue weighted by molar-refractivity contribution is 5.95. The Morgan fingerprint density at radius 2 is 1.73 bits per heavy atom. The molecule has 2 nitrogen and oxygen atoms in total. The van der Waals surface area contributed by atoms with E-state index in [1.807, 2.05) is 12.3 Å². The molecule has 2 heterocycles. The van der Waals surface area contributed by atoms with Gasteiger partial charge in [0.25, 0.3) is 0 Å². The number of hydrogen-bond acceptors (Lipinski definition) is 1. The molecule has 0 bridgehead atoms. The summed E-state index contributed by atoms with van der Waals surface area (Å²) in [6, 6.07) is 17.3. The zero-order valence-corrected chi connectivity index (χ0v) is 15.3. The van der Waals surface area contributed by atoms with Gasteiger partial charge < -0.3 is 4.57 Å². The van der Waals surface area contributed by atoms with E-state index in [4.69, 9.17) is 0 Å². The van der Waals surface area contributed by atoms with E-state index in [2.05, 4.69) is 60.7 Å². The van der Waals surface area contributed by atoms with Crippen LogP contribution in [0.25, 0.3) is 22.2 Å². The lowest BCUT2D eigenvalue weighted by Crippen LogP contribution is -2.03. The molecule has 0 fully saturated rings. The highest BCUT2D eigenvalue weighted by atomic mass is 19.1. The standard InChI is InChI=1S/C23H21FN2/c1-15-7-9-19(10-8-15)22-23-21(11-12-25-22)16(2)17(3)26(23)14-18-5-4-6-20(24)13-18/h4-13H,14H2,1-3H3. The zero-order chi connectivity index (χ0) is 18.3. The lowest BCUT2D eigenvalue weighted by Gasteiger charge is -2.12. The van der Waals surface area contributed by atoms with Crippen molar-refractivity contribution in [2.24, 2.45) is 0 Å². The molecule has 4 aromatic rings. The quantitative estimate of drug-likeness (QED) is 0.458. The fraction of sp³-hybridized carbons (Fsp3) is 0.174. The Balaban J connectivity index is 1.94. The molecule has 0 aliphatic heterocycles. The normalized spacial score (nSPS) is 11.2. The van der Waals surface area contributed by atoms with Crippen LogP contribution in [0.5, 0.6) is 0 Å².